The van der Waals surface area contributed by atoms with Gasteiger partial charge in [-0.3, -0.25) is 4.90 Å². The molecule has 4 aliphatic heterocycles. The maximum atomic E-state index is 12.5. The molecular formula is C21H31N5O2. The van der Waals surface area contributed by atoms with E-state index in [2.05, 4.69) is 34.2 Å². The van der Waals surface area contributed by atoms with Gasteiger partial charge in [0.2, 0.25) is 0 Å². The molecule has 7 nitrogen and oxygen atoms in total. The van der Waals surface area contributed by atoms with Gasteiger partial charge >= 0.3 is 6.09 Å². The highest BCUT2D eigenvalue weighted by Crippen LogP contribution is 2.39. The molecule has 1 aromatic heterocycles. The molecule has 5 rings (SSSR count). The summed E-state index contributed by atoms with van der Waals surface area (Å²) in [6.45, 7) is 12.6. The van der Waals surface area contributed by atoms with Crippen LogP contribution in [0.2, 0.25) is 0 Å². The Kier molecular flexibility index (Phi) is 4.11. The van der Waals surface area contributed by atoms with Crippen molar-refractivity contribution in [3.8, 4) is 0 Å². The van der Waals surface area contributed by atoms with Crippen molar-refractivity contribution in [2.75, 3.05) is 31.1 Å². The minimum atomic E-state index is -0.446. The number of amides is 1. The Hall–Kier alpha value is -1.86. The van der Waals surface area contributed by atoms with E-state index in [1.807, 2.05) is 25.7 Å². The molecule has 152 valence electrons. The van der Waals surface area contributed by atoms with Crippen molar-refractivity contribution < 1.29 is 9.53 Å². The van der Waals surface area contributed by atoms with Gasteiger partial charge in [-0.1, -0.05) is 6.07 Å². The second kappa shape index (κ2) is 6.32. The fourth-order valence-corrected chi connectivity index (χ4v) is 5.28. The summed E-state index contributed by atoms with van der Waals surface area (Å²) in [7, 11) is 0. The second-order valence-corrected chi connectivity index (χ2v) is 9.73. The first-order valence-corrected chi connectivity index (χ1v) is 10.5. The number of rotatable bonds is 1. The first-order chi connectivity index (χ1) is 13.3. The molecular weight excluding hydrogens is 354 g/mol. The largest absolute Gasteiger partial charge is 0.444 e. The van der Waals surface area contributed by atoms with E-state index < -0.39 is 5.60 Å². The van der Waals surface area contributed by atoms with Crippen molar-refractivity contribution >= 4 is 11.9 Å². The van der Waals surface area contributed by atoms with Gasteiger partial charge in [-0.25, -0.2) is 9.78 Å². The van der Waals surface area contributed by atoms with E-state index in [1.165, 1.54) is 11.3 Å². The molecule has 2 bridgehead atoms. The lowest BCUT2D eigenvalue weighted by atomic mass is 10.1. The van der Waals surface area contributed by atoms with Gasteiger partial charge in [-0.15, -0.1) is 0 Å². The first kappa shape index (κ1) is 18.2. The molecule has 3 saturated heterocycles. The third kappa shape index (κ3) is 2.95. The van der Waals surface area contributed by atoms with Crippen LogP contribution in [-0.2, 0) is 11.3 Å². The molecule has 0 radical (unpaired) electrons. The van der Waals surface area contributed by atoms with E-state index in [4.69, 9.17) is 9.72 Å². The van der Waals surface area contributed by atoms with Gasteiger partial charge in [0.25, 0.3) is 0 Å². The molecule has 28 heavy (non-hydrogen) atoms. The summed E-state index contributed by atoms with van der Waals surface area (Å²) in [5.41, 5.74) is 2.16. The molecule has 7 heteroatoms. The third-order valence-electron chi connectivity index (χ3n) is 6.59. The normalized spacial score (nSPS) is 31.9. The Bertz CT molecular complexity index is 791. The second-order valence-electron chi connectivity index (χ2n) is 9.73. The van der Waals surface area contributed by atoms with Crippen LogP contribution in [0.5, 0.6) is 0 Å². The standard InChI is InChI=1S/C21H31N5O2/c1-13-8-22-9-18-16-5-6-19(23-17(16)12-24(13)18)25-10-15-7-14(25)11-26(15)20(27)28-21(2,3)4/h5-6,13-15,18,22H,7-12H2,1-4H3/t13-,14+,15+,18-/m1/s1. The highest BCUT2D eigenvalue weighted by Gasteiger charge is 2.47. The number of hydrogen-bond acceptors (Lipinski definition) is 6. The predicted molar refractivity (Wildman–Crippen MR) is 107 cm³/mol. The van der Waals surface area contributed by atoms with E-state index in [0.29, 0.717) is 18.1 Å². The number of pyridine rings is 1. The molecule has 1 amide bonds. The van der Waals surface area contributed by atoms with Crippen LogP contribution in [0.4, 0.5) is 10.6 Å². The minimum Gasteiger partial charge on any atom is -0.444 e. The smallest absolute Gasteiger partial charge is 0.410 e. The number of carbonyl (C=O) groups is 1. The molecule has 0 spiro atoms. The Morgan fingerprint density at radius 3 is 2.75 bits per heavy atom. The van der Waals surface area contributed by atoms with Crippen molar-refractivity contribution in [3.63, 3.8) is 0 Å². The Morgan fingerprint density at radius 1 is 1.21 bits per heavy atom. The first-order valence-electron chi connectivity index (χ1n) is 10.5. The molecule has 0 aromatic carbocycles. The van der Waals surface area contributed by atoms with Crippen LogP contribution in [-0.4, -0.2) is 70.8 Å². The number of anilines is 1. The topological polar surface area (TPSA) is 60.9 Å². The SMILES string of the molecule is C[C@@H]1CNC[C@@H]2c3ccc(N4C[C@@H]5C[C@H]4CN5C(=O)OC(C)(C)C)nc3CN12. The van der Waals surface area contributed by atoms with Crippen molar-refractivity contribution in [1.82, 2.24) is 20.1 Å². The monoisotopic (exact) mass is 385 g/mol. The van der Waals surface area contributed by atoms with E-state index in [9.17, 15) is 4.79 Å². The molecule has 5 heterocycles. The summed E-state index contributed by atoms with van der Waals surface area (Å²) in [6, 6.07) is 6.03. The molecule has 0 unspecified atom stereocenters. The van der Waals surface area contributed by atoms with Crippen LogP contribution >= 0.6 is 0 Å². The van der Waals surface area contributed by atoms with Gasteiger partial charge in [0.05, 0.1) is 17.8 Å². The van der Waals surface area contributed by atoms with E-state index in [1.54, 1.807) is 0 Å². The van der Waals surface area contributed by atoms with Gasteiger partial charge in [0.15, 0.2) is 0 Å². The number of likely N-dealkylation sites (tertiary alicyclic amines) is 1. The number of fused-ring (bicyclic) bond motifs is 5. The molecule has 4 atom stereocenters. The average molecular weight is 386 g/mol. The van der Waals surface area contributed by atoms with Gasteiger partial charge in [0.1, 0.15) is 11.4 Å². The summed E-state index contributed by atoms with van der Waals surface area (Å²) in [6.07, 6.45) is 0.827. The summed E-state index contributed by atoms with van der Waals surface area (Å²) in [5.74, 6) is 1.07. The van der Waals surface area contributed by atoms with Crippen LogP contribution < -0.4 is 10.2 Å². The zero-order chi connectivity index (χ0) is 19.6. The number of nitrogens with zero attached hydrogens (tertiary/aromatic N) is 4. The maximum absolute atomic E-state index is 12.5. The number of piperazine rings is 2. The molecule has 3 fully saturated rings. The van der Waals surface area contributed by atoms with Gasteiger partial charge in [0, 0.05) is 44.8 Å². The fraction of sp³-hybridized carbons (Fsp3) is 0.714. The molecule has 0 saturated carbocycles. The molecule has 1 aromatic rings. The van der Waals surface area contributed by atoms with Gasteiger partial charge < -0.3 is 19.9 Å². The predicted octanol–water partition coefficient (Wildman–Crippen LogP) is 2.13. The lowest BCUT2D eigenvalue weighted by Crippen LogP contribution is -2.50. The average Bonchev–Trinajstić information content (AvgIpc) is 3.32. The zero-order valence-corrected chi connectivity index (χ0v) is 17.3. The third-order valence-corrected chi connectivity index (χ3v) is 6.59. The minimum absolute atomic E-state index is 0.181. The molecule has 1 N–H and O–H groups in total. The lowest BCUT2D eigenvalue weighted by Gasteiger charge is -2.36. The fourth-order valence-electron chi connectivity index (χ4n) is 5.28. The quantitative estimate of drug-likeness (QED) is 0.799. The maximum Gasteiger partial charge on any atom is 0.410 e. The van der Waals surface area contributed by atoms with Crippen LogP contribution in [0.1, 0.15) is 51.4 Å². The van der Waals surface area contributed by atoms with Crippen LogP contribution in [0.15, 0.2) is 12.1 Å². The number of ether oxygens (including phenoxy) is 1. The van der Waals surface area contributed by atoms with E-state index >= 15 is 0 Å². The highest BCUT2D eigenvalue weighted by atomic mass is 16.6. The van der Waals surface area contributed by atoms with E-state index in [-0.39, 0.29) is 12.1 Å². The lowest BCUT2D eigenvalue weighted by molar-refractivity contribution is 0.0214. The Labute approximate surface area is 167 Å². The number of carbonyl (C=O) groups excluding carboxylic acids is 1. The van der Waals surface area contributed by atoms with Crippen LogP contribution in [0.25, 0.3) is 0 Å². The molecule has 4 aliphatic rings. The summed E-state index contributed by atoms with van der Waals surface area (Å²) in [4.78, 5) is 24.4. The Morgan fingerprint density at radius 2 is 2.04 bits per heavy atom. The summed E-state index contributed by atoms with van der Waals surface area (Å²) < 4.78 is 5.58. The van der Waals surface area contributed by atoms with E-state index in [0.717, 1.165) is 45.0 Å². The van der Waals surface area contributed by atoms with Crippen molar-refractivity contribution in [2.24, 2.45) is 0 Å². The zero-order valence-electron chi connectivity index (χ0n) is 17.3. The summed E-state index contributed by atoms with van der Waals surface area (Å²) in [5, 5.41) is 3.54. The Balaban J connectivity index is 1.30. The number of aromatic nitrogens is 1. The summed E-state index contributed by atoms with van der Waals surface area (Å²) >= 11 is 0. The number of nitrogens with one attached hydrogen (secondary N) is 1. The van der Waals surface area contributed by atoms with Gasteiger partial charge in [-0.2, -0.15) is 0 Å². The number of hydrogen-bond donors (Lipinski definition) is 1. The van der Waals surface area contributed by atoms with Crippen molar-refractivity contribution in [3.05, 3.63) is 23.4 Å². The van der Waals surface area contributed by atoms with Crippen molar-refractivity contribution in [2.45, 2.75) is 70.4 Å². The van der Waals surface area contributed by atoms with Crippen LogP contribution in [0, 0.1) is 0 Å². The highest BCUT2D eigenvalue weighted by molar-refractivity contribution is 5.70. The molecule has 0 aliphatic carbocycles. The van der Waals surface area contributed by atoms with Gasteiger partial charge in [-0.05, 0) is 45.7 Å². The van der Waals surface area contributed by atoms with Crippen molar-refractivity contribution in [1.29, 1.82) is 0 Å². The van der Waals surface area contributed by atoms with Crippen LogP contribution in [0.3, 0.4) is 0 Å².